The number of carboxylic acid groups (broad SMARTS) is 1. The van der Waals surface area contributed by atoms with Gasteiger partial charge in [-0.25, -0.2) is 14.3 Å². The van der Waals surface area contributed by atoms with Gasteiger partial charge in [-0.3, -0.25) is 19.2 Å². The first-order chi connectivity index (χ1) is 19.6. The van der Waals surface area contributed by atoms with Crippen LogP contribution in [0.5, 0.6) is 5.75 Å². The lowest BCUT2D eigenvalue weighted by Crippen LogP contribution is -2.38. The molecule has 4 amide bonds. The fraction of sp³-hybridized carbons (Fsp3) is 0.115. The topological polar surface area (TPSA) is 233 Å². The summed E-state index contributed by atoms with van der Waals surface area (Å²) in [5.74, 6) is -3.33. The minimum absolute atomic E-state index is 0.0183. The van der Waals surface area contributed by atoms with Crippen molar-refractivity contribution in [3.63, 3.8) is 0 Å². The molecule has 0 radical (unpaired) electrons. The summed E-state index contributed by atoms with van der Waals surface area (Å²) in [6.07, 6.45) is 1.25. The second-order valence-corrected chi connectivity index (χ2v) is 8.95. The number of hydrogen-bond acceptors (Lipinski definition) is 9. The largest absolute Gasteiger partial charge is 0.482 e. The smallest absolute Gasteiger partial charge is 0.335 e. The Balaban J connectivity index is 1.39. The van der Waals surface area contributed by atoms with Crippen molar-refractivity contribution in [1.82, 2.24) is 25.2 Å². The number of primary amides is 1. The Morgan fingerprint density at radius 3 is 2.56 bits per heavy atom. The Morgan fingerprint density at radius 1 is 1.10 bits per heavy atom. The van der Waals surface area contributed by atoms with Crippen LogP contribution in [0.3, 0.4) is 0 Å². The molecule has 0 bridgehead atoms. The van der Waals surface area contributed by atoms with Gasteiger partial charge >= 0.3 is 5.97 Å². The first-order valence-electron chi connectivity index (χ1n) is 12.0. The van der Waals surface area contributed by atoms with Gasteiger partial charge < -0.3 is 37.3 Å². The van der Waals surface area contributed by atoms with E-state index in [-0.39, 0.29) is 52.9 Å². The van der Waals surface area contributed by atoms with E-state index in [0.717, 1.165) is 4.52 Å². The van der Waals surface area contributed by atoms with E-state index >= 15 is 0 Å². The average molecular weight is 559 g/mol. The minimum atomic E-state index is -1.33. The molecule has 0 aliphatic carbocycles. The quantitative estimate of drug-likeness (QED) is 0.172. The SMILES string of the molecule is NC(=O)[C@H](NC(=O)c1cc(C(=O)NCc2ccc3c(c2)NC(=O)CO3)nc2c(N)cnn12)c1ccc(C(=O)O)cc1. The monoisotopic (exact) mass is 558 g/mol. The third-order valence-corrected chi connectivity index (χ3v) is 6.15. The Bertz CT molecular complexity index is 1730. The van der Waals surface area contributed by atoms with Crippen molar-refractivity contribution in [3.05, 3.63) is 82.8 Å². The number of nitrogens with zero attached hydrogens (tertiary/aromatic N) is 3. The number of aromatic carboxylic acids is 1. The first kappa shape index (κ1) is 26.6. The maximum absolute atomic E-state index is 13.3. The van der Waals surface area contributed by atoms with Crippen LogP contribution >= 0.6 is 0 Å². The fourth-order valence-electron chi connectivity index (χ4n) is 4.11. The third-order valence-electron chi connectivity index (χ3n) is 6.15. The van der Waals surface area contributed by atoms with E-state index in [9.17, 15) is 24.0 Å². The number of aromatic nitrogens is 3. The number of carboxylic acids is 1. The van der Waals surface area contributed by atoms with E-state index < -0.39 is 29.7 Å². The molecule has 0 spiro atoms. The Morgan fingerprint density at radius 2 is 1.85 bits per heavy atom. The lowest BCUT2D eigenvalue weighted by Gasteiger charge is -2.18. The number of amides is 4. The number of benzene rings is 2. The molecule has 0 unspecified atom stereocenters. The lowest BCUT2D eigenvalue weighted by atomic mass is 10.0. The highest BCUT2D eigenvalue weighted by Crippen LogP contribution is 2.28. The zero-order chi connectivity index (χ0) is 29.3. The van der Waals surface area contributed by atoms with Gasteiger partial charge in [-0.05, 0) is 35.4 Å². The molecule has 1 aliphatic heterocycles. The number of nitrogen functional groups attached to an aromatic ring is 1. The van der Waals surface area contributed by atoms with E-state index in [1.807, 2.05) is 0 Å². The number of rotatable bonds is 8. The molecule has 0 saturated heterocycles. The zero-order valence-corrected chi connectivity index (χ0v) is 21.1. The number of fused-ring (bicyclic) bond motifs is 2. The normalized spacial score (nSPS) is 12.9. The van der Waals surface area contributed by atoms with Gasteiger partial charge in [0.2, 0.25) is 5.91 Å². The summed E-state index contributed by atoms with van der Waals surface area (Å²) in [7, 11) is 0. The van der Waals surface area contributed by atoms with Gasteiger partial charge in [0.15, 0.2) is 12.3 Å². The van der Waals surface area contributed by atoms with Gasteiger partial charge in [0, 0.05) is 12.6 Å². The molecule has 5 rings (SSSR count). The summed E-state index contributed by atoms with van der Waals surface area (Å²) >= 11 is 0. The molecule has 41 heavy (non-hydrogen) atoms. The second-order valence-electron chi connectivity index (χ2n) is 8.95. The Kier molecular flexibility index (Phi) is 6.91. The summed E-state index contributed by atoms with van der Waals surface area (Å²) in [6, 6.07) is 10.1. The predicted molar refractivity (Wildman–Crippen MR) is 142 cm³/mol. The molecule has 2 aromatic heterocycles. The number of nitrogens with two attached hydrogens (primary N) is 2. The molecule has 3 heterocycles. The van der Waals surface area contributed by atoms with Crippen LogP contribution in [0.25, 0.3) is 5.65 Å². The van der Waals surface area contributed by atoms with Crippen molar-refractivity contribution in [1.29, 1.82) is 0 Å². The van der Waals surface area contributed by atoms with Gasteiger partial charge in [-0.15, -0.1) is 0 Å². The molecular formula is C26H22N8O7. The summed E-state index contributed by atoms with van der Waals surface area (Å²) in [5, 5.41) is 21.0. The van der Waals surface area contributed by atoms with E-state index in [2.05, 4.69) is 26.0 Å². The van der Waals surface area contributed by atoms with Crippen molar-refractivity contribution in [2.45, 2.75) is 12.6 Å². The second kappa shape index (κ2) is 10.6. The molecule has 208 valence electrons. The maximum atomic E-state index is 13.3. The van der Waals surface area contributed by atoms with E-state index in [0.29, 0.717) is 17.0 Å². The van der Waals surface area contributed by atoms with E-state index in [1.54, 1.807) is 18.2 Å². The molecule has 0 saturated carbocycles. The molecular weight excluding hydrogens is 536 g/mol. The fourth-order valence-corrected chi connectivity index (χ4v) is 4.11. The first-order valence-corrected chi connectivity index (χ1v) is 12.0. The zero-order valence-electron chi connectivity index (χ0n) is 21.1. The van der Waals surface area contributed by atoms with Crippen molar-refractivity contribution in [2.24, 2.45) is 5.73 Å². The molecule has 1 aliphatic rings. The van der Waals surface area contributed by atoms with Gasteiger partial charge in [-0.2, -0.15) is 5.10 Å². The van der Waals surface area contributed by atoms with Crippen LogP contribution in [0.15, 0.2) is 54.7 Å². The van der Waals surface area contributed by atoms with Crippen molar-refractivity contribution >= 4 is 46.6 Å². The number of ether oxygens (including phenoxy) is 1. The van der Waals surface area contributed by atoms with Crippen LogP contribution in [0, 0.1) is 0 Å². The molecule has 0 fully saturated rings. The number of carbonyl (C=O) groups is 5. The standard InChI is InChI=1S/C26H22N8O7/c27-15-10-30-34-18(25(38)33-21(22(28)36)13-2-4-14(5-3-13)26(39)40)8-17(32-23(15)34)24(37)29-9-12-1-6-19-16(7-12)31-20(35)11-41-19/h1-8,10,21H,9,11,27H2,(H2,28,36)(H,29,37)(H,31,35)(H,33,38)(H,39,40)/t21-/m1/s1. The number of anilines is 2. The van der Waals surface area contributed by atoms with Crippen LogP contribution in [0.1, 0.15) is 48.5 Å². The molecule has 15 heteroatoms. The van der Waals surface area contributed by atoms with Crippen LogP contribution in [0.4, 0.5) is 11.4 Å². The van der Waals surface area contributed by atoms with E-state index in [1.165, 1.54) is 36.5 Å². The maximum Gasteiger partial charge on any atom is 0.335 e. The highest BCUT2D eigenvalue weighted by molar-refractivity contribution is 6.00. The average Bonchev–Trinajstić information content (AvgIpc) is 3.34. The van der Waals surface area contributed by atoms with Crippen molar-refractivity contribution in [2.75, 3.05) is 17.7 Å². The summed E-state index contributed by atoms with van der Waals surface area (Å²) < 4.78 is 6.44. The van der Waals surface area contributed by atoms with Crippen LogP contribution in [0.2, 0.25) is 0 Å². The number of hydrogen-bond donors (Lipinski definition) is 6. The predicted octanol–water partition coefficient (Wildman–Crippen LogP) is 0.227. The van der Waals surface area contributed by atoms with Crippen molar-refractivity contribution < 1.29 is 33.8 Å². The number of carbonyl (C=O) groups excluding carboxylic acids is 4. The van der Waals surface area contributed by atoms with Crippen molar-refractivity contribution in [3.8, 4) is 5.75 Å². The molecule has 1 atom stereocenters. The highest BCUT2D eigenvalue weighted by atomic mass is 16.5. The molecule has 8 N–H and O–H groups in total. The molecule has 2 aromatic carbocycles. The Labute approximate surface area is 230 Å². The number of nitrogens with one attached hydrogen (secondary N) is 3. The molecule has 15 nitrogen and oxygen atoms in total. The van der Waals surface area contributed by atoms with Gasteiger partial charge in [-0.1, -0.05) is 18.2 Å². The lowest BCUT2D eigenvalue weighted by molar-refractivity contribution is -0.120. The highest BCUT2D eigenvalue weighted by Gasteiger charge is 2.25. The summed E-state index contributed by atoms with van der Waals surface area (Å²) in [6.45, 7) is -0.0245. The van der Waals surface area contributed by atoms with Gasteiger partial charge in [0.1, 0.15) is 23.2 Å². The Hall–Kier alpha value is -5.99. The molecule has 4 aromatic rings. The van der Waals surface area contributed by atoms with Gasteiger partial charge in [0.05, 0.1) is 23.1 Å². The summed E-state index contributed by atoms with van der Waals surface area (Å²) in [5.41, 5.74) is 12.6. The minimum Gasteiger partial charge on any atom is -0.482 e. The summed E-state index contributed by atoms with van der Waals surface area (Å²) in [4.78, 5) is 65.6. The van der Waals surface area contributed by atoms with Crippen LogP contribution in [-0.2, 0) is 16.1 Å². The van der Waals surface area contributed by atoms with Gasteiger partial charge in [0.25, 0.3) is 17.7 Å². The third kappa shape index (κ3) is 5.44. The van der Waals surface area contributed by atoms with Crippen LogP contribution < -0.4 is 32.2 Å². The van der Waals surface area contributed by atoms with Crippen LogP contribution in [-0.4, -0.2) is 55.9 Å². The van der Waals surface area contributed by atoms with E-state index in [4.69, 9.17) is 21.3 Å².